The molecule has 1 fully saturated rings. The predicted molar refractivity (Wildman–Crippen MR) is 79.0 cm³/mol. The lowest BCUT2D eigenvalue weighted by atomic mass is 10.3. The summed E-state index contributed by atoms with van der Waals surface area (Å²) in [6.45, 7) is 0.730. The van der Waals surface area contributed by atoms with E-state index in [9.17, 15) is 13.2 Å². The highest BCUT2D eigenvalue weighted by Gasteiger charge is 2.30. The average Bonchev–Trinajstić information content (AvgIpc) is 3.00. The van der Waals surface area contributed by atoms with Gasteiger partial charge in [-0.3, -0.25) is 4.79 Å². The Labute approximate surface area is 129 Å². The molecule has 1 amide bonds. The van der Waals surface area contributed by atoms with E-state index in [2.05, 4.69) is 5.32 Å². The minimum atomic E-state index is -3.65. The second kappa shape index (κ2) is 6.64. The SMILES string of the molecule is CNC(=O)COc1ccc(Cl)cc1S(=O)(=O)N1CCCC1. The smallest absolute Gasteiger partial charge is 0.257 e. The zero-order valence-corrected chi connectivity index (χ0v) is 13.2. The number of rotatable bonds is 5. The van der Waals surface area contributed by atoms with Crippen LogP contribution in [0.3, 0.4) is 0 Å². The maximum absolute atomic E-state index is 12.6. The second-order valence-electron chi connectivity index (χ2n) is 4.66. The highest BCUT2D eigenvalue weighted by atomic mass is 35.5. The molecule has 1 saturated heterocycles. The number of likely N-dealkylation sites (N-methyl/N-ethyl adjacent to an activating group) is 1. The Bertz CT molecular complexity index is 627. The van der Waals surface area contributed by atoms with Crippen molar-refractivity contribution in [1.29, 1.82) is 0 Å². The van der Waals surface area contributed by atoms with Crippen molar-refractivity contribution in [1.82, 2.24) is 9.62 Å². The van der Waals surface area contributed by atoms with Crippen molar-refractivity contribution in [3.8, 4) is 5.75 Å². The first-order chi connectivity index (χ1) is 9.95. The number of nitrogens with one attached hydrogen (secondary N) is 1. The molecule has 0 aromatic heterocycles. The number of benzene rings is 1. The Morgan fingerprint density at radius 1 is 1.38 bits per heavy atom. The monoisotopic (exact) mass is 332 g/mol. The Hall–Kier alpha value is -1.31. The standard InChI is InChI=1S/C13H17ClN2O4S/c1-15-13(17)9-20-11-5-4-10(14)8-12(11)21(18,19)16-6-2-3-7-16/h4-5,8H,2-3,6-7,9H2,1H3,(H,15,17). The molecule has 2 rings (SSSR count). The van der Waals surface area contributed by atoms with Crippen molar-refractivity contribution >= 4 is 27.5 Å². The van der Waals surface area contributed by atoms with Gasteiger partial charge in [-0.05, 0) is 31.0 Å². The minimum absolute atomic E-state index is 0.000744. The van der Waals surface area contributed by atoms with Crippen LogP contribution in [0.2, 0.25) is 5.02 Å². The molecule has 1 aromatic carbocycles. The third-order valence-electron chi connectivity index (χ3n) is 3.23. The molecular formula is C13H17ClN2O4S. The quantitative estimate of drug-likeness (QED) is 0.880. The Balaban J connectivity index is 2.32. The number of halogens is 1. The summed E-state index contributed by atoms with van der Waals surface area (Å²) in [6, 6.07) is 4.35. The van der Waals surface area contributed by atoms with E-state index in [0.717, 1.165) is 12.8 Å². The van der Waals surface area contributed by atoms with Crippen LogP contribution in [-0.2, 0) is 14.8 Å². The van der Waals surface area contributed by atoms with Crippen molar-refractivity contribution in [3.05, 3.63) is 23.2 Å². The van der Waals surface area contributed by atoms with E-state index in [0.29, 0.717) is 18.1 Å². The molecule has 8 heteroatoms. The number of hydrogen-bond acceptors (Lipinski definition) is 4. The van der Waals surface area contributed by atoms with Gasteiger partial charge in [0.05, 0.1) is 0 Å². The van der Waals surface area contributed by atoms with Gasteiger partial charge in [0.25, 0.3) is 5.91 Å². The van der Waals surface area contributed by atoms with Crippen molar-refractivity contribution in [2.24, 2.45) is 0 Å². The first-order valence-corrected chi connectivity index (χ1v) is 8.40. The van der Waals surface area contributed by atoms with Crippen LogP contribution < -0.4 is 10.1 Å². The van der Waals surface area contributed by atoms with E-state index in [4.69, 9.17) is 16.3 Å². The number of sulfonamides is 1. The average molecular weight is 333 g/mol. The van der Waals surface area contributed by atoms with Crippen molar-refractivity contribution in [3.63, 3.8) is 0 Å². The number of carbonyl (C=O) groups is 1. The largest absolute Gasteiger partial charge is 0.482 e. The van der Waals surface area contributed by atoms with Gasteiger partial charge in [0.2, 0.25) is 10.0 Å². The summed E-state index contributed by atoms with van der Waals surface area (Å²) < 4.78 is 31.9. The van der Waals surface area contributed by atoms with E-state index in [1.165, 1.54) is 29.6 Å². The van der Waals surface area contributed by atoms with Crippen molar-refractivity contribution in [2.45, 2.75) is 17.7 Å². The van der Waals surface area contributed by atoms with Crippen molar-refractivity contribution in [2.75, 3.05) is 26.7 Å². The summed E-state index contributed by atoms with van der Waals surface area (Å²) in [4.78, 5) is 11.2. The van der Waals surface area contributed by atoms with Crippen LogP contribution in [0.25, 0.3) is 0 Å². The van der Waals surface area contributed by atoms with E-state index >= 15 is 0 Å². The zero-order valence-electron chi connectivity index (χ0n) is 11.6. The third kappa shape index (κ3) is 3.66. The molecule has 0 aliphatic carbocycles. The van der Waals surface area contributed by atoms with Gasteiger partial charge in [0.15, 0.2) is 6.61 Å². The fourth-order valence-electron chi connectivity index (χ4n) is 2.09. The summed E-state index contributed by atoms with van der Waals surface area (Å²) in [7, 11) is -2.17. The summed E-state index contributed by atoms with van der Waals surface area (Å²) in [6.07, 6.45) is 1.68. The lowest BCUT2D eigenvalue weighted by Gasteiger charge is -2.18. The van der Waals surface area contributed by atoms with Crippen LogP contribution >= 0.6 is 11.6 Å². The third-order valence-corrected chi connectivity index (χ3v) is 5.38. The molecule has 0 unspecified atom stereocenters. The summed E-state index contributed by atoms with van der Waals surface area (Å²) in [5.41, 5.74) is 0. The van der Waals surface area contributed by atoms with Crippen LogP contribution in [-0.4, -0.2) is 45.4 Å². The van der Waals surface area contributed by atoms with Crippen LogP contribution in [0.4, 0.5) is 0 Å². The number of ether oxygens (including phenoxy) is 1. The molecular weight excluding hydrogens is 316 g/mol. The number of amides is 1. The lowest BCUT2D eigenvalue weighted by Crippen LogP contribution is -2.29. The van der Waals surface area contributed by atoms with Crippen LogP contribution in [0, 0.1) is 0 Å². The molecule has 21 heavy (non-hydrogen) atoms. The zero-order chi connectivity index (χ0) is 15.5. The highest BCUT2D eigenvalue weighted by Crippen LogP contribution is 2.31. The minimum Gasteiger partial charge on any atom is -0.482 e. The summed E-state index contributed by atoms with van der Waals surface area (Å²) in [5.74, 6) is -0.204. The van der Waals surface area contributed by atoms with Gasteiger partial charge in [-0.2, -0.15) is 4.31 Å². The number of hydrogen-bond donors (Lipinski definition) is 1. The normalized spacial score (nSPS) is 15.9. The fraction of sp³-hybridized carbons (Fsp3) is 0.462. The van der Waals surface area contributed by atoms with Crippen LogP contribution in [0.5, 0.6) is 5.75 Å². The Morgan fingerprint density at radius 2 is 2.05 bits per heavy atom. The summed E-state index contributed by atoms with van der Waals surface area (Å²) in [5, 5.41) is 2.72. The van der Waals surface area contributed by atoms with Crippen molar-refractivity contribution < 1.29 is 17.9 Å². The number of nitrogens with zero attached hydrogens (tertiary/aromatic N) is 1. The summed E-state index contributed by atoms with van der Waals surface area (Å²) >= 11 is 5.90. The Kier molecular flexibility index (Phi) is 5.08. The maximum Gasteiger partial charge on any atom is 0.257 e. The second-order valence-corrected chi connectivity index (χ2v) is 7.01. The maximum atomic E-state index is 12.6. The molecule has 0 spiro atoms. The van der Waals surface area contributed by atoms with E-state index < -0.39 is 10.0 Å². The molecule has 0 saturated carbocycles. The van der Waals surface area contributed by atoms with Gasteiger partial charge in [-0.25, -0.2) is 8.42 Å². The van der Waals surface area contributed by atoms with Crippen LogP contribution in [0.15, 0.2) is 23.1 Å². The molecule has 1 heterocycles. The lowest BCUT2D eigenvalue weighted by molar-refractivity contribution is -0.122. The molecule has 0 radical (unpaired) electrons. The van der Waals surface area contributed by atoms with Gasteiger partial charge >= 0.3 is 0 Å². The van der Waals surface area contributed by atoms with Gasteiger partial charge in [0, 0.05) is 25.2 Å². The van der Waals surface area contributed by atoms with Gasteiger partial charge in [-0.1, -0.05) is 11.6 Å². The molecule has 0 bridgehead atoms. The first kappa shape index (κ1) is 16.1. The predicted octanol–water partition coefficient (Wildman–Crippen LogP) is 1.25. The van der Waals surface area contributed by atoms with E-state index in [1.54, 1.807) is 0 Å². The molecule has 1 aliphatic heterocycles. The molecule has 1 aliphatic rings. The first-order valence-electron chi connectivity index (χ1n) is 6.58. The van der Waals surface area contributed by atoms with E-state index in [-0.39, 0.29) is 23.2 Å². The topological polar surface area (TPSA) is 75.7 Å². The molecule has 116 valence electrons. The van der Waals surface area contributed by atoms with Gasteiger partial charge < -0.3 is 10.1 Å². The number of carbonyl (C=O) groups excluding carboxylic acids is 1. The molecule has 1 N–H and O–H groups in total. The van der Waals surface area contributed by atoms with Gasteiger partial charge in [0.1, 0.15) is 10.6 Å². The molecule has 1 aromatic rings. The van der Waals surface area contributed by atoms with E-state index in [1.807, 2.05) is 0 Å². The van der Waals surface area contributed by atoms with Crippen LogP contribution in [0.1, 0.15) is 12.8 Å². The molecule has 0 atom stereocenters. The Morgan fingerprint density at radius 3 is 2.67 bits per heavy atom. The van der Waals surface area contributed by atoms with Gasteiger partial charge in [-0.15, -0.1) is 0 Å². The molecule has 6 nitrogen and oxygen atoms in total. The highest BCUT2D eigenvalue weighted by molar-refractivity contribution is 7.89. The fourth-order valence-corrected chi connectivity index (χ4v) is 4.00.